The van der Waals surface area contributed by atoms with Crippen molar-refractivity contribution in [2.75, 3.05) is 23.1 Å². The Kier molecular flexibility index (Phi) is 7.68. The van der Waals surface area contributed by atoms with Crippen LogP contribution in [0.15, 0.2) is 60.9 Å². The predicted octanol–water partition coefficient (Wildman–Crippen LogP) is 5.22. The summed E-state index contributed by atoms with van der Waals surface area (Å²) >= 11 is 3.09. The first-order valence-corrected chi connectivity index (χ1v) is 15.1. The summed E-state index contributed by atoms with van der Waals surface area (Å²) in [5.74, 6) is 1.57. The first kappa shape index (κ1) is 25.6. The van der Waals surface area contributed by atoms with E-state index in [-0.39, 0.29) is 16.5 Å². The van der Waals surface area contributed by atoms with Gasteiger partial charge in [0.2, 0.25) is 11.8 Å². The number of nitrogens with one attached hydrogen (secondary N) is 2. The number of halogens is 1. The van der Waals surface area contributed by atoms with Gasteiger partial charge in [0.05, 0.1) is 17.0 Å². The second kappa shape index (κ2) is 11.1. The van der Waals surface area contributed by atoms with Crippen LogP contribution >= 0.6 is 15.9 Å². The molecule has 0 aliphatic carbocycles. The molecule has 5 rings (SSSR count). The lowest BCUT2D eigenvalue weighted by atomic mass is 10.0. The minimum absolute atomic E-state index is 0.0554. The van der Waals surface area contributed by atoms with Crippen LogP contribution in [-0.4, -0.2) is 47.2 Å². The Bertz CT molecular complexity index is 1520. The zero-order chi connectivity index (χ0) is 25.8. The van der Waals surface area contributed by atoms with Crippen molar-refractivity contribution >= 4 is 42.5 Å². The summed E-state index contributed by atoms with van der Waals surface area (Å²) in [5.41, 5.74) is 3.08. The Morgan fingerprint density at radius 3 is 2.78 bits per heavy atom. The van der Waals surface area contributed by atoms with Crippen LogP contribution in [0.3, 0.4) is 0 Å². The molecule has 1 atom stereocenters. The molecular formula is C27H28BrN5O3S. The lowest BCUT2D eigenvalue weighted by Gasteiger charge is -2.23. The molecule has 1 aliphatic heterocycles. The zero-order valence-corrected chi connectivity index (χ0v) is 22.8. The Morgan fingerprint density at radius 2 is 1.97 bits per heavy atom. The lowest BCUT2D eigenvalue weighted by Crippen LogP contribution is -2.38. The Balaban J connectivity index is 1.50. The number of rotatable bonds is 8. The van der Waals surface area contributed by atoms with Gasteiger partial charge in [0.1, 0.15) is 10.4 Å². The summed E-state index contributed by atoms with van der Waals surface area (Å²) in [5, 5.41) is 8.48. The lowest BCUT2D eigenvalue weighted by molar-refractivity contribution is 0.466. The van der Waals surface area contributed by atoms with Crippen molar-refractivity contribution in [2.24, 2.45) is 0 Å². The van der Waals surface area contributed by atoms with Gasteiger partial charge in [-0.2, -0.15) is 0 Å². The van der Waals surface area contributed by atoms with Crippen LogP contribution in [0.2, 0.25) is 0 Å². The number of ether oxygens (including phenoxy) is 1. The van der Waals surface area contributed by atoms with Gasteiger partial charge >= 0.3 is 0 Å². The van der Waals surface area contributed by atoms with Crippen molar-refractivity contribution in [3.8, 4) is 22.9 Å². The van der Waals surface area contributed by atoms with Crippen molar-refractivity contribution in [1.82, 2.24) is 20.3 Å². The monoisotopic (exact) mass is 581 g/mol. The summed E-state index contributed by atoms with van der Waals surface area (Å²) in [6, 6.07) is 15.4. The number of hydrogen-bond acceptors (Lipinski definition) is 8. The number of alkyl halides is 1. The summed E-state index contributed by atoms with van der Waals surface area (Å²) < 4.78 is 31.0. The third-order valence-electron chi connectivity index (χ3n) is 6.37. The minimum Gasteiger partial charge on any atom is -0.437 e. The summed E-state index contributed by atoms with van der Waals surface area (Å²) in [6.45, 7) is 3.88. The second-order valence-corrected chi connectivity index (χ2v) is 12.5. The largest absolute Gasteiger partial charge is 0.437 e. The van der Waals surface area contributed by atoms with Gasteiger partial charge in [-0.25, -0.2) is 23.4 Å². The molecule has 1 aliphatic rings. The van der Waals surface area contributed by atoms with Crippen LogP contribution in [0.4, 0.5) is 5.95 Å². The molecule has 2 aromatic heterocycles. The Labute approximate surface area is 225 Å². The standard InChI is InChI=1S/C27H28BrN5O3S/c1-18-9-10-21-19(16-37(34,35)17-28)5-2-7-22(21)25(18)36-26-23(8-4-13-30-26)24-11-14-31-27(33-24)32-20-6-3-12-29-15-20/h2,4-5,7-11,13-14,20,29H,3,6,12,15-17H2,1H3,(H,31,32,33)/t20-/m0/s1. The molecule has 1 fully saturated rings. The number of pyridine rings is 1. The minimum atomic E-state index is -3.26. The normalized spacial score (nSPS) is 16.0. The van der Waals surface area contributed by atoms with E-state index in [1.54, 1.807) is 12.4 Å². The molecule has 1 saturated heterocycles. The molecule has 37 heavy (non-hydrogen) atoms. The molecule has 0 spiro atoms. The molecule has 192 valence electrons. The molecule has 8 nitrogen and oxygen atoms in total. The number of piperidine rings is 1. The van der Waals surface area contributed by atoms with E-state index in [2.05, 4.69) is 36.5 Å². The maximum atomic E-state index is 12.3. The van der Waals surface area contributed by atoms with Crippen LogP contribution in [0.1, 0.15) is 24.0 Å². The quantitative estimate of drug-likeness (QED) is 0.273. The fraction of sp³-hybridized carbons (Fsp3) is 0.296. The number of anilines is 1. The van der Waals surface area contributed by atoms with E-state index in [1.165, 1.54) is 0 Å². The van der Waals surface area contributed by atoms with Gasteiger partial charge in [0.15, 0.2) is 9.84 Å². The van der Waals surface area contributed by atoms with Gasteiger partial charge in [-0.15, -0.1) is 0 Å². The van der Waals surface area contributed by atoms with Crippen LogP contribution in [0, 0.1) is 6.92 Å². The second-order valence-electron chi connectivity index (χ2n) is 9.13. The molecule has 4 aromatic rings. The van der Waals surface area contributed by atoms with Gasteiger partial charge in [-0.1, -0.05) is 46.3 Å². The molecule has 3 heterocycles. The average Bonchev–Trinajstić information content (AvgIpc) is 2.91. The van der Waals surface area contributed by atoms with E-state index >= 15 is 0 Å². The van der Waals surface area contributed by atoms with Crippen molar-refractivity contribution in [1.29, 1.82) is 0 Å². The van der Waals surface area contributed by atoms with Crippen molar-refractivity contribution in [3.63, 3.8) is 0 Å². The highest BCUT2D eigenvalue weighted by Gasteiger charge is 2.18. The highest BCUT2D eigenvalue weighted by molar-refractivity contribution is 9.10. The zero-order valence-electron chi connectivity index (χ0n) is 20.4. The Morgan fingerprint density at radius 1 is 1.08 bits per heavy atom. The molecule has 0 saturated carbocycles. The number of hydrogen-bond donors (Lipinski definition) is 2. The van der Waals surface area contributed by atoms with Gasteiger partial charge < -0.3 is 15.4 Å². The number of aromatic nitrogens is 3. The molecular weight excluding hydrogens is 554 g/mol. The van der Waals surface area contributed by atoms with Crippen molar-refractivity contribution in [2.45, 2.75) is 31.6 Å². The molecule has 0 bridgehead atoms. The number of sulfone groups is 1. The molecule has 0 radical (unpaired) electrons. The Hall–Kier alpha value is -3.08. The molecule has 2 aromatic carbocycles. The van der Waals surface area contributed by atoms with E-state index < -0.39 is 9.84 Å². The molecule has 0 unspecified atom stereocenters. The molecule has 2 N–H and O–H groups in total. The molecule has 0 amide bonds. The van der Waals surface area contributed by atoms with Crippen LogP contribution in [-0.2, 0) is 15.6 Å². The topological polar surface area (TPSA) is 106 Å². The van der Waals surface area contributed by atoms with Crippen molar-refractivity contribution in [3.05, 3.63) is 72.1 Å². The first-order chi connectivity index (χ1) is 17.9. The predicted molar refractivity (Wildman–Crippen MR) is 150 cm³/mol. The highest BCUT2D eigenvalue weighted by Crippen LogP contribution is 2.37. The fourth-order valence-electron chi connectivity index (χ4n) is 4.54. The van der Waals surface area contributed by atoms with Crippen LogP contribution in [0.5, 0.6) is 11.6 Å². The van der Waals surface area contributed by atoms with Crippen molar-refractivity contribution < 1.29 is 13.2 Å². The van der Waals surface area contributed by atoms with Gasteiger partial charge in [-0.05, 0) is 61.0 Å². The number of fused-ring (bicyclic) bond motifs is 1. The summed E-state index contributed by atoms with van der Waals surface area (Å²) in [4.78, 5) is 13.7. The van der Waals surface area contributed by atoms with E-state index in [1.807, 2.05) is 55.5 Å². The third kappa shape index (κ3) is 5.92. The van der Waals surface area contributed by atoms with Crippen LogP contribution in [0.25, 0.3) is 22.0 Å². The van der Waals surface area contributed by atoms with E-state index in [4.69, 9.17) is 9.72 Å². The van der Waals surface area contributed by atoms with Gasteiger partial charge in [-0.3, -0.25) is 0 Å². The number of benzene rings is 2. The maximum absolute atomic E-state index is 12.3. The van der Waals surface area contributed by atoms with Gasteiger partial charge in [0.25, 0.3) is 0 Å². The third-order valence-corrected chi connectivity index (χ3v) is 9.55. The number of nitrogens with zero attached hydrogens (tertiary/aromatic N) is 3. The average molecular weight is 583 g/mol. The van der Waals surface area contributed by atoms with E-state index in [0.29, 0.717) is 23.3 Å². The van der Waals surface area contributed by atoms with Gasteiger partial charge in [0, 0.05) is 30.4 Å². The summed E-state index contributed by atoms with van der Waals surface area (Å²) in [6.07, 6.45) is 5.60. The van der Waals surface area contributed by atoms with E-state index in [9.17, 15) is 8.42 Å². The first-order valence-electron chi connectivity index (χ1n) is 12.1. The fourth-order valence-corrected chi connectivity index (χ4v) is 5.83. The molecule has 10 heteroatoms. The van der Waals surface area contributed by atoms with Crippen LogP contribution < -0.4 is 15.4 Å². The maximum Gasteiger partial charge on any atom is 0.228 e. The SMILES string of the molecule is Cc1ccc2c(CS(=O)(=O)CBr)cccc2c1Oc1ncccc1-c1ccnc(N[C@H]2CCCNC2)n1. The summed E-state index contributed by atoms with van der Waals surface area (Å²) in [7, 11) is -3.26. The number of aryl methyl sites for hydroxylation is 1. The van der Waals surface area contributed by atoms with E-state index in [0.717, 1.165) is 53.4 Å². The smallest absolute Gasteiger partial charge is 0.228 e. The highest BCUT2D eigenvalue weighted by atomic mass is 79.9.